The number of likely N-dealkylation sites (N-methyl/N-ethyl adjacent to an activating group) is 1. The number of hydrogen-bond acceptors (Lipinski definition) is 7. The highest BCUT2D eigenvalue weighted by Gasteiger charge is 2.32. The van der Waals surface area contributed by atoms with Gasteiger partial charge in [0.2, 0.25) is 5.82 Å². The maximum atomic E-state index is 13.1. The molecule has 0 fully saturated rings. The van der Waals surface area contributed by atoms with Crippen molar-refractivity contribution in [1.82, 2.24) is 35.9 Å². The van der Waals surface area contributed by atoms with Crippen LogP contribution in [0.3, 0.4) is 0 Å². The van der Waals surface area contributed by atoms with Gasteiger partial charge in [-0.1, -0.05) is 17.3 Å². The van der Waals surface area contributed by atoms with Crippen LogP contribution >= 0.6 is 0 Å². The summed E-state index contributed by atoms with van der Waals surface area (Å²) in [6, 6.07) is 8.39. The summed E-state index contributed by atoms with van der Waals surface area (Å²) in [5.41, 5.74) is 2.58. The number of aromatic amines is 2. The van der Waals surface area contributed by atoms with Crippen LogP contribution in [0.15, 0.2) is 36.4 Å². The van der Waals surface area contributed by atoms with E-state index in [9.17, 15) is 14.0 Å². The number of ether oxygens (including phenoxy) is 1. The number of rotatable bonds is 4. The van der Waals surface area contributed by atoms with Crippen molar-refractivity contribution < 1.29 is 18.7 Å². The second-order valence-electron chi connectivity index (χ2n) is 7.29. The highest BCUT2D eigenvalue weighted by atomic mass is 19.1. The third-order valence-electron chi connectivity index (χ3n) is 5.13. The maximum Gasteiger partial charge on any atom is 0.291 e. The third kappa shape index (κ3) is 3.62. The zero-order valence-electron chi connectivity index (χ0n) is 16.8. The van der Waals surface area contributed by atoms with E-state index in [1.165, 1.54) is 17.0 Å². The summed E-state index contributed by atoms with van der Waals surface area (Å²) in [7, 11) is 1.59. The number of carbonyl (C=O) groups excluding carboxylic acids is 2. The molecule has 162 valence electrons. The van der Waals surface area contributed by atoms with E-state index in [0.29, 0.717) is 34.7 Å². The van der Waals surface area contributed by atoms with E-state index in [2.05, 4.69) is 35.9 Å². The van der Waals surface area contributed by atoms with Crippen molar-refractivity contribution in [2.75, 3.05) is 18.6 Å². The number of fused-ring (bicyclic) bond motifs is 2. The van der Waals surface area contributed by atoms with E-state index in [0.717, 1.165) is 5.56 Å². The Labute approximate surface area is 180 Å². The molecule has 32 heavy (non-hydrogen) atoms. The first-order chi connectivity index (χ1) is 15.5. The molecule has 11 nitrogen and oxygen atoms in total. The molecule has 2 amide bonds. The number of halogens is 1. The Kier molecular flexibility index (Phi) is 4.73. The van der Waals surface area contributed by atoms with Gasteiger partial charge in [-0.25, -0.2) is 9.37 Å². The summed E-state index contributed by atoms with van der Waals surface area (Å²) >= 11 is 0. The van der Waals surface area contributed by atoms with Gasteiger partial charge in [0.15, 0.2) is 0 Å². The fourth-order valence-corrected chi connectivity index (χ4v) is 3.43. The molecule has 0 bridgehead atoms. The van der Waals surface area contributed by atoms with Crippen LogP contribution in [-0.2, 0) is 11.2 Å². The van der Waals surface area contributed by atoms with Crippen LogP contribution in [0.2, 0.25) is 0 Å². The lowest BCUT2D eigenvalue weighted by atomic mass is 10.1. The second-order valence-corrected chi connectivity index (χ2v) is 7.29. The Morgan fingerprint density at radius 1 is 1.28 bits per heavy atom. The molecule has 2 aromatic carbocycles. The lowest BCUT2D eigenvalue weighted by Gasteiger charge is -2.19. The number of anilines is 1. The Morgan fingerprint density at radius 2 is 2.09 bits per heavy atom. The summed E-state index contributed by atoms with van der Waals surface area (Å²) in [4.78, 5) is 31.2. The molecule has 3 N–H and O–H groups in total. The summed E-state index contributed by atoms with van der Waals surface area (Å²) in [6.45, 7) is -0.0676. The van der Waals surface area contributed by atoms with Crippen LogP contribution in [-0.4, -0.2) is 62.1 Å². The van der Waals surface area contributed by atoms with E-state index in [1.54, 1.807) is 31.3 Å². The van der Waals surface area contributed by atoms with Gasteiger partial charge in [0.1, 0.15) is 35.6 Å². The number of benzene rings is 2. The Bertz CT molecular complexity index is 1320. The summed E-state index contributed by atoms with van der Waals surface area (Å²) < 4.78 is 18.8. The standard InChI is InChI=1S/C20H17FN8O3/c1-29-15-7-12-13(25-28-24-12)8-16(15)32-9-14(20(29)31)22-19(30)18-23-17(26-27-18)6-10-2-4-11(21)5-3-10/h2-5,7-8,14H,6,9H2,1H3,(H,22,30)(H,23,26,27)(H,24,25,28). The lowest BCUT2D eigenvalue weighted by Crippen LogP contribution is -2.49. The molecule has 5 rings (SSSR count). The molecule has 0 saturated heterocycles. The molecule has 12 heteroatoms. The normalized spacial score (nSPS) is 15.9. The molecule has 2 aromatic heterocycles. The van der Waals surface area contributed by atoms with Crippen molar-refractivity contribution >= 4 is 28.5 Å². The van der Waals surface area contributed by atoms with Crippen molar-refractivity contribution in [3.63, 3.8) is 0 Å². The van der Waals surface area contributed by atoms with E-state index in [-0.39, 0.29) is 24.2 Å². The summed E-state index contributed by atoms with van der Waals surface area (Å²) in [6.07, 6.45) is 0.347. The zero-order valence-corrected chi connectivity index (χ0v) is 16.8. The molecule has 4 aromatic rings. The molecular formula is C20H17FN8O3. The minimum absolute atomic E-state index is 0.0676. The van der Waals surface area contributed by atoms with Gasteiger partial charge in [0.25, 0.3) is 11.8 Å². The fraction of sp³-hybridized carbons (Fsp3) is 0.200. The largest absolute Gasteiger partial charge is 0.489 e. The van der Waals surface area contributed by atoms with E-state index in [1.807, 2.05) is 0 Å². The zero-order chi connectivity index (χ0) is 22.2. The Balaban J connectivity index is 1.29. The first kappa shape index (κ1) is 19.6. The van der Waals surface area contributed by atoms with Crippen molar-refractivity contribution in [3.05, 3.63) is 59.4 Å². The lowest BCUT2D eigenvalue weighted by molar-refractivity contribution is -0.120. The number of nitrogens with one attached hydrogen (secondary N) is 3. The first-order valence-corrected chi connectivity index (χ1v) is 9.69. The molecule has 0 saturated carbocycles. The monoisotopic (exact) mass is 436 g/mol. The average Bonchev–Trinajstić information content (AvgIpc) is 3.43. The second kappa shape index (κ2) is 7.72. The average molecular weight is 436 g/mol. The number of amides is 2. The van der Waals surface area contributed by atoms with Crippen LogP contribution < -0.4 is 15.0 Å². The van der Waals surface area contributed by atoms with Gasteiger partial charge in [-0.3, -0.25) is 19.8 Å². The summed E-state index contributed by atoms with van der Waals surface area (Å²) in [5.74, 6) is -0.517. The predicted molar refractivity (Wildman–Crippen MR) is 110 cm³/mol. The molecule has 1 aliphatic rings. The SMILES string of the molecule is CN1C(=O)C(NC(=O)c2n[nH]c(Cc3ccc(F)cc3)n2)COc2cc3[nH]nnc3cc21. The molecule has 0 spiro atoms. The molecular weight excluding hydrogens is 419 g/mol. The van der Waals surface area contributed by atoms with Crippen LogP contribution in [0.1, 0.15) is 22.0 Å². The molecule has 0 radical (unpaired) electrons. The minimum Gasteiger partial charge on any atom is -0.489 e. The van der Waals surface area contributed by atoms with E-state index < -0.39 is 11.9 Å². The van der Waals surface area contributed by atoms with Gasteiger partial charge in [-0.2, -0.15) is 0 Å². The quantitative estimate of drug-likeness (QED) is 0.433. The van der Waals surface area contributed by atoms with Crippen molar-refractivity contribution in [3.8, 4) is 5.75 Å². The highest BCUT2D eigenvalue weighted by molar-refractivity contribution is 6.03. The van der Waals surface area contributed by atoms with Gasteiger partial charge in [-0.15, -0.1) is 10.2 Å². The van der Waals surface area contributed by atoms with Gasteiger partial charge in [0.05, 0.1) is 11.2 Å². The van der Waals surface area contributed by atoms with Crippen molar-refractivity contribution in [2.45, 2.75) is 12.5 Å². The maximum absolute atomic E-state index is 13.1. The topological polar surface area (TPSA) is 142 Å². The number of aromatic nitrogens is 6. The number of hydrogen-bond donors (Lipinski definition) is 3. The molecule has 1 aliphatic heterocycles. The van der Waals surface area contributed by atoms with Gasteiger partial charge >= 0.3 is 0 Å². The molecule has 1 unspecified atom stereocenters. The van der Waals surface area contributed by atoms with Gasteiger partial charge in [-0.05, 0) is 23.8 Å². The number of nitrogens with zero attached hydrogens (tertiary/aromatic N) is 5. The minimum atomic E-state index is -0.941. The molecule has 1 atom stereocenters. The smallest absolute Gasteiger partial charge is 0.291 e. The van der Waals surface area contributed by atoms with E-state index in [4.69, 9.17) is 4.74 Å². The van der Waals surface area contributed by atoms with Crippen molar-refractivity contribution in [1.29, 1.82) is 0 Å². The Hall–Kier alpha value is -4.35. The molecule has 3 heterocycles. The van der Waals surface area contributed by atoms with Gasteiger partial charge < -0.3 is 15.0 Å². The Morgan fingerprint density at radius 3 is 2.91 bits per heavy atom. The third-order valence-corrected chi connectivity index (χ3v) is 5.13. The van der Waals surface area contributed by atoms with Crippen LogP contribution in [0.25, 0.3) is 11.0 Å². The highest BCUT2D eigenvalue weighted by Crippen LogP contribution is 2.33. The van der Waals surface area contributed by atoms with E-state index >= 15 is 0 Å². The van der Waals surface area contributed by atoms with Crippen LogP contribution in [0.5, 0.6) is 5.75 Å². The van der Waals surface area contributed by atoms with Crippen LogP contribution in [0, 0.1) is 5.82 Å². The fourth-order valence-electron chi connectivity index (χ4n) is 3.43. The number of carbonyl (C=O) groups is 2. The van der Waals surface area contributed by atoms with Crippen molar-refractivity contribution in [2.24, 2.45) is 0 Å². The first-order valence-electron chi connectivity index (χ1n) is 9.69. The van der Waals surface area contributed by atoms with Gasteiger partial charge in [0, 0.05) is 19.5 Å². The molecule has 0 aliphatic carbocycles. The predicted octanol–water partition coefficient (Wildman–Crippen LogP) is 0.960. The van der Waals surface area contributed by atoms with Crippen LogP contribution in [0.4, 0.5) is 10.1 Å². The summed E-state index contributed by atoms with van der Waals surface area (Å²) in [5, 5.41) is 19.7. The number of H-pyrrole nitrogens is 2.